The number of hydrogen-bond donors (Lipinski definition) is 0. The van der Waals surface area contributed by atoms with Crippen molar-refractivity contribution in [3.63, 3.8) is 0 Å². The zero-order valence-electron chi connectivity index (χ0n) is 10.4. The molecule has 1 heterocycles. The zero-order chi connectivity index (χ0) is 12.5. The Bertz CT molecular complexity index is 664. The summed E-state index contributed by atoms with van der Waals surface area (Å²) in [5, 5.41) is 1.31. The second kappa shape index (κ2) is 4.46. The van der Waals surface area contributed by atoms with Gasteiger partial charge in [-0.2, -0.15) is 0 Å². The Morgan fingerprint density at radius 1 is 1.00 bits per heavy atom. The minimum atomic E-state index is 0.910. The lowest BCUT2D eigenvalue weighted by Crippen LogP contribution is -1.85. The highest BCUT2D eigenvalue weighted by molar-refractivity contribution is 7.22. The fourth-order valence-corrected chi connectivity index (χ4v) is 3.25. The van der Waals surface area contributed by atoms with Crippen molar-refractivity contribution in [2.45, 2.75) is 6.92 Å². The standard InChI is InChI=1S/C16H14OS/c1-11-7-8-13(17-2)10-14(11)16-9-12-5-3-4-6-15(12)18-16/h3-10H,1-2H3. The molecule has 0 amide bonds. The Morgan fingerprint density at radius 3 is 2.61 bits per heavy atom. The fourth-order valence-electron chi connectivity index (χ4n) is 2.11. The molecule has 0 unspecified atom stereocenters. The second-order valence-electron chi connectivity index (χ2n) is 4.33. The van der Waals surface area contributed by atoms with Crippen LogP contribution >= 0.6 is 11.3 Å². The summed E-state index contributed by atoms with van der Waals surface area (Å²) in [4.78, 5) is 1.30. The van der Waals surface area contributed by atoms with Crippen molar-refractivity contribution in [3.8, 4) is 16.2 Å². The van der Waals surface area contributed by atoms with Gasteiger partial charge in [0.2, 0.25) is 0 Å². The van der Waals surface area contributed by atoms with Crippen LogP contribution in [0.3, 0.4) is 0 Å². The summed E-state index contributed by atoms with van der Waals surface area (Å²) in [5.41, 5.74) is 2.54. The molecule has 3 aromatic rings. The Labute approximate surface area is 111 Å². The van der Waals surface area contributed by atoms with Crippen LogP contribution in [0.5, 0.6) is 5.75 Å². The van der Waals surface area contributed by atoms with Gasteiger partial charge in [-0.1, -0.05) is 24.3 Å². The molecule has 0 aliphatic carbocycles. The molecule has 0 saturated heterocycles. The number of ether oxygens (including phenoxy) is 1. The van der Waals surface area contributed by atoms with Crippen LogP contribution in [0.2, 0.25) is 0 Å². The number of methoxy groups -OCH3 is 1. The van der Waals surface area contributed by atoms with E-state index in [4.69, 9.17) is 4.74 Å². The van der Waals surface area contributed by atoms with Crippen molar-refractivity contribution in [2.24, 2.45) is 0 Å². The van der Waals surface area contributed by atoms with E-state index in [1.807, 2.05) is 17.4 Å². The summed E-state index contributed by atoms with van der Waals surface area (Å²) >= 11 is 1.83. The molecule has 18 heavy (non-hydrogen) atoms. The van der Waals surface area contributed by atoms with E-state index in [1.165, 1.54) is 26.1 Å². The minimum Gasteiger partial charge on any atom is -0.497 e. The summed E-state index contributed by atoms with van der Waals surface area (Å²) in [7, 11) is 1.71. The van der Waals surface area contributed by atoms with Crippen LogP contribution in [0.25, 0.3) is 20.5 Å². The topological polar surface area (TPSA) is 9.23 Å². The Balaban J connectivity index is 2.19. The molecule has 0 atom stereocenters. The molecular weight excluding hydrogens is 240 g/mol. The number of hydrogen-bond acceptors (Lipinski definition) is 2. The molecule has 0 radical (unpaired) electrons. The van der Waals surface area contributed by atoms with Crippen LogP contribution in [0.1, 0.15) is 5.56 Å². The quantitative estimate of drug-likeness (QED) is 0.633. The predicted molar refractivity (Wildman–Crippen MR) is 78.6 cm³/mol. The van der Waals surface area contributed by atoms with E-state index in [9.17, 15) is 0 Å². The number of thiophene rings is 1. The molecular formula is C16H14OS. The molecule has 3 rings (SSSR count). The third-order valence-corrected chi connectivity index (χ3v) is 4.29. The van der Waals surface area contributed by atoms with Gasteiger partial charge < -0.3 is 4.74 Å². The fraction of sp³-hybridized carbons (Fsp3) is 0.125. The predicted octanol–water partition coefficient (Wildman–Crippen LogP) is 4.89. The molecule has 0 saturated carbocycles. The first-order chi connectivity index (χ1) is 8.78. The Morgan fingerprint density at radius 2 is 1.83 bits per heavy atom. The molecule has 1 nitrogen and oxygen atoms in total. The highest BCUT2D eigenvalue weighted by Crippen LogP contribution is 2.36. The van der Waals surface area contributed by atoms with Crippen molar-refractivity contribution < 1.29 is 4.74 Å². The average Bonchev–Trinajstić information content (AvgIpc) is 2.82. The van der Waals surface area contributed by atoms with Gasteiger partial charge >= 0.3 is 0 Å². The summed E-state index contributed by atoms with van der Waals surface area (Å²) in [6, 6.07) is 17.0. The number of benzene rings is 2. The van der Waals surface area contributed by atoms with Crippen LogP contribution < -0.4 is 4.74 Å². The molecule has 0 aliphatic heterocycles. The SMILES string of the molecule is COc1ccc(C)c(-c2cc3ccccc3s2)c1. The lowest BCUT2D eigenvalue weighted by atomic mass is 10.1. The van der Waals surface area contributed by atoms with Gasteiger partial charge in [0.1, 0.15) is 5.75 Å². The Kier molecular flexibility index (Phi) is 2.80. The maximum absolute atomic E-state index is 5.31. The summed E-state index contributed by atoms with van der Waals surface area (Å²) in [6.45, 7) is 2.14. The zero-order valence-corrected chi connectivity index (χ0v) is 11.3. The highest BCUT2D eigenvalue weighted by Gasteiger charge is 2.07. The van der Waals surface area contributed by atoms with E-state index in [2.05, 4.69) is 49.4 Å². The van der Waals surface area contributed by atoms with Gasteiger partial charge in [-0.05, 0) is 47.7 Å². The van der Waals surface area contributed by atoms with E-state index in [0.29, 0.717) is 0 Å². The van der Waals surface area contributed by atoms with Crippen LogP contribution in [0.4, 0.5) is 0 Å². The lowest BCUT2D eigenvalue weighted by molar-refractivity contribution is 0.415. The van der Waals surface area contributed by atoms with Crippen LogP contribution in [0.15, 0.2) is 48.5 Å². The lowest BCUT2D eigenvalue weighted by Gasteiger charge is -2.06. The van der Waals surface area contributed by atoms with E-state index >= 15 is 0 Å². The van der Waals surface area contributed by atoms with Gasteiger partial charge in [-0.3, -0.25) is 0 Å². The molecule has 0 bridgehead atoms. The van der Waals surface area contributed by atoms with Crippen molar-refractivity contribution in [1.29, 1.82) is 0 Å². The Hall–Kier alpha value is -1.80. The first-order valence-corrected chi connectivity index (χ1v) is 6.73. The molecule has 2 heteroatoms. The largest absolute Gasteiger partial charge is 0.497 e. The van der Waals surface area contributed by atoms with Gasteiger partial charge in [-0.15, -0.1) is 11.3 Å². The van der Waals surface area contributed by atoms with E-state index in [-0.39, 0.29) is 0 Å². The first-order valence-electron chi connectivity index (χ1n) is 5.91. The maximum Gasteiger partial charge on any atom is 0.119 e. The van der Waals surface area contributed by atoms with E-state index in [0.717, 1.165) is 5.75 Å². The van der Waals surface area contributed by atoms with Gasteiger partial charge in [0.05, 0.1) is 7.11 Å². The summed E-state index contributed by atoms with van der Waals surface area (Å²) in [5.74, 6) is 0.910. The second-order valence-corrected chi connectivity index (χ2v) is 5.41. The third kappa shape index (κ3) is 1.89. The molecule has 0 fully saturated rings. The third-order valence-electron chi connectivity index (χ3n) is 3.14. The number of fused-ring (bicyclic) bond motifs is 1. The minimum absolute atomic E-state index is 0.910. The highest BCUT2D eigenvalue weighted by atomic mass is 32.1. The van der Waals surface area contributed by atoms with E-state index in [1.54, 1.807) is 7.11 Å². The van der Waals surface area contributed by atoms with Crippen molar-refractivity contribution in [3.05, 3.63) is 54.1 Å². The number of aryl methyl sites for hydroxylation is 1. The van der Waals surface area contributed by atoms with Gasteiger partial charge in [0, 0.05) is 9.58 Å². The summed E-state index contributed by atoms with van der Waals surface area (Å²) in [6.07, 6.45) is 0. The molecule has 0 spiro atoms. The average molecular weight is 254 g/mol. The molecule has 90 valence electrons. The van der Waals surface area contributed by atoms with Gasteiger partial charge in [0.25, 0.3) is 0 Å². The van der Waals surface area contributed by atoms with E-state index < -0.39 is 0 Å². The first kappa shape index (κ1) is 11.3. The van der Waals surface area contributed by atoms with Crippen LogP contribution in [-0.2, 0) is 0 Å². The molecule has 1 aromatic heterocycles. The van der Waals surface area contributed by atoms with Crippen molar-refractivity contribution in [1.82, 2.24) is 0 Å². The monoisotopic (exact) mass is 254 g/mol. The molecule has 2 aromatic carbocycles. The normalized spacial score (nSPS) is 10.8. The van der Waals surface area contributed by atoms with Crippen LogP contribution in [0, 0.1) is 6.92 Å². The van der Waals surface area contributed by atoms with Crippen molar-refractivity contribution in [2.75, 3.05) is 7.11 Å². The van der Waals surface area contributed by atoms with Crippen molar-refractivity contribution >= 4 is 21.4 Å². The molecule has 0 aliphatic rings. The smallest absolute Gasteiger partial charge is 0.119 e. The number of rotatable bonds is 2. The summed E-state index contributed by atoms with van der Waals surface area (Å²) < 4.78 is 6.64. The van der Waals surface area contributed by atoms with Gasteiger partial charge in [0.15, 0.2) is 0 Å². The van der Waals surface area contributed by atoms with Gasteiger partial charge in [-0.25, -0.2) is 0 Å². The maximum atomic E-state index is 5.31. The van der Waals surface area contributed by atoms with Crippen LogP contribution in [-0.4, -0.2) is 7.11 Å². The molecule has 0 N–H and O–H groups in total.